The quantitative estimate of drug-likeness (QED) is 0.228. The molecule has 0 amide bonds. The third-order valence-electron chi connectivity index (χ3n) is 4.57. The highest BCUT2D eigenvalue weighted by molar-refractivity contribution is 14.0. The summed E-state index contributed by atoms with van der Waals surface area (Å²) in [5.74, 6) is 3.79. The Morgan fingerprint density at radius 2 is 1.38 bits per heavy atom. The number of halogens is 1. The topological polar surface area (TPSA) is 87.3 Å². The number of benzene rings is 3. The Morgan fingerprint density at radius 1 is 0.781 bits per heavy atom. The number of ether oxygens (including phenoxy) is 4. The van der Waals surface area contributed by atoms with Crippen LogP contribution in [0.1, 0.15) is 11.1 Å². The highest BCUT2D eigenvalue weighted by Gasteiger charge is 2.06. The monoisotopic (exact) mass is 549 g/mol. The maximum atomic E-state index is 6.00. The fourth-order valence-corrected chi connectivity index (χ4v) is 2.91. The predicted octanol–water partition coefficient (Wildman–Crippen LogP) is 4.73. The number of nitrogens with one attached hydrogen (secondary N) is 1. The molecule has 32 heavy (non-hydrogen) atoms. The van der Waals surface area contributed by atoms with Crippen LogP contribution in [0.5, 0.6) is 28.7 Å². The van der Waals surface area contributed by atoms with E-state index in [0.717, 1.165) is 16.9 Å². The lowest BCUT2D eigenvalue weighted by Crippen LogP contribution is -2.31. The number of aliphatic imine (C=N–C) groups is 1. The van der Waals surface area contributed by atoms with Gasteiger partial charge in [0, 0.05) is 6.54 Å². The van der Waals surface area contributed by atoms with Crippen LogP contribution in [0.4, 0.5) is 0 Å². The van der Waals surface area contributed by atoms with E-state index in [1.807, 2.05) is 66.7 Å². The first kappa shape index (κ1) is 25.1. The molecule has 3 aromatic rings. The van der Waals surface area contributed by atoms with E-state index >= 15 is 0 Å². The molecule has 3 N–H and O–H groups in total. The van der Waals surface area contributed by atoms with E-state index in [1.54, 1.807) is 21.3 Å². The third kappa shape index (κ3) is 6.94. The molecule has 8 heteroatoms. The summed E-state index contributed by atoms with van der Waals surface area (Å²) in [5, 5.41) is 3.12. The van der Waals surface area contributed by atoms with Gasteiger partial charge in [0.2, 0.25) is 0 Å². The molecule has 0 aliphatic rings. The largest absolute Gasteiger partial charge is 0.493 e. The molecule has 7 nitrogen and oxygen atoms in total. The minimum atomic E-state index is 0. The van der Waals surface area contributed by atoms with Gasteiger partial charge in [0.15, 0.2) is 29.0 Å². The molecule has 0 atom stereocenters. The fourth-order valence-electron chi connectivity index (χ4n) is 2.91. The number of nitrogens with two attached hydrogens (primary N) is 1. The van der Waals surface area contributed by atoms with Gasteiger partial charge >= 0.3 is 0 Å². The van der Waals surface area contributed by atoms with Crippen LogP contribution < -0.4 is 30.0 Å². The van der Waals surface area contributed by atoms with E-state index in [0.29, 0.717) is 42.0 Å². The maximum Gasteiger partial charge on any atom is 0.189 e. The summed E-state index contributed by atoms with van der Waals surface area (Å²) in [6, 6.07) is 20.9. The molecule has 0 aliphatic carbocycles. The van der Waals surface area contributed by atoms with Crippen LogP contribution in [0.3, 0.4) is 0 Å². The summed E-state index contributed by atoms with van der Waals surface area (Å²) in [4.78, 5) is 4.38. The lowest BCUT2D eigenvalue weighted by molar-refractivity contribution is 0.354. The molecule has 0 aromatic heterocycles. The Labute approximate surface area is 205 Å². The van der Waals surface area contributed by atoms with Crippen LogP contribution in [0.25, 0.3) is 0 Å². The van der Waals surface area contributed by atoms with Crippen molar-refractivity contribution in [3.05, 3.63) is 77.9 Å². The summed E-state index contributed by atoms with van der Waals surface area (Å²) in [6.45, 7) is 0.987. The Morgan fingerprint density at radius 3 is 2.03 bits per heavy atom. The maximum absolute atomic E-state index is 6.00. The molecular formula is C24H28IN3O4. The minimum absolute atomic E-state index is 0. The summed E-state index contributed by atoms with van der Waals surface area (Å²) >= 11 is 0. The Bertz CT molecular complexity index is 1030. The second kappa shape index (κ2) is 12.7. The van der Waals surface area contributed by atoms with Crippen molar-refractivity contribution < 1.29 is 18.9 Å². The van der Waals surface area contributed by atoms with Gasteiger partial charge in [-0.25, -0.2) is 4.99 Å². The SMILES string of the molecule is COc1ccc(CN=C(N)NCc2ccc(Oc3ccccc3OC)cc2)cc1OC.I. The average molecular weight is 549 g/mol. The van der Waals surface area contributed by atoms with Crippen LogP contribution in [0.2, 0.25) is 0 Å². The van der Waals surface area contributed by atoms with Crippen LogP contribution >= 0.6 is 24.0 Å². The average Bonchev–Trinajstić information content (AvgIpc) is 2.82. The van der Waals surface area contributed by atoms with Crippen molar-refractivity contribution in [1.82, 2.24) is 5.32 Å². The van der Waals surface area contributed by atoms with Crippen LogP contribution in [0, 0.1) is 0 Å². The summed E-state index contributed by atoms with van der Waals surface area (Å²) in [7, 11) is 4.83. The van der Waals surface area contributed by atoms with Crippen molar-refractivity contribution in [1.29, 1.82) is 0 Å². The number of methoxy groups -OCH3 is 3. The van der Waals surface area contributed by atoms with E-state index in [4.69, 9.17) is 24.7 Å². The number of nitrogens with zero attached hydrogens (tertiary/aromatic N) is 1. The second-order valence-corrected chi connectivity index (χ2v) is 6.64. The Kier molecular flexibility index (Phi) is 9.93. The predicted molar refractivity (Wildman–Crippen MR) is 137 cm³/mol. The smallest absolute Gasteiger partial charge is 0.189 e. The summed E-state index contributed by atoms with van der Waals surface area (Å²) in [6.07, 6.45) is 0. The Balaban J connectivity index is 0.00000363. The highest BCUT2D eigenvalue weighted by Crippen LogP contribution is 2.31. The van der Waals surface area contributed by atoms with Crippen molar-refractivity contribution >= 4 is 29.9 Å². The van der Waals surface area contributed by atoms with Gasteiger partial charge in [-0.3, -0.25) is 0 Å². The molecule has 0 fully saturated rings. The van der Waals surface area contributed by atoms with Crippen molar-refractivity contribution in [3.8, 4) is 28.7 Å². The van der Waals surface area contributed by atoms with Gasteiger partial charge in [0.05, 0.1) is 27.9 Å². The summed E-state index contributed by atoms with van der Waals surface area (Å²) in [5.41, 5.74) is 8.03. The normalized spacial score (nSPS) is 10.7. The molecule has 0 saturated heterocycles. The number of hydrogen-bond donors (Lipinski definition) is 2. The van der Waals surface area contributed by atoms with E-state index < -0.39 is 0 Å². The molecule has 170 valence electrons. The number of rotatable bonds is 9. The van der Waals surface area contributed by atoms with Gasteiger partial charge in [-0.15, -0.1) is 24.0 Å². The number of guanidine groups is 1. The highest BCUT2D eigenvalue weighted by atomic mass is 127. The lowest BCUT2D eigenvalue weighted by atomic mass is 10.2. The fraction of sp³-hybridized carbons (Fsp3) is 0.208. The minimum Gasteiger partial charge on any atom is -0.493 e. The van der Waals surface area contributed by atoms with E-state index in [2.05, 4.69) is 10.3 Å². The van der Waals surface area contributed by atoms with Gasteiger partial charge in [0.1, 0.15) is 5.75 Å². The first-order valence-electron chi connectivity index (χ1n) is 9.77. The molecule has 0 bridgehead atoms. The summed E-state index contributed by atoms with van der Waals surface area (Å²) < 4.78 is 21.8. The second-order valence-electron chi connectivity index (χ2n) is 6.64. The van der Waals surface area contributed by atoms with E-state index in [9.17, 15) is 0 Å². The third-order valence-corrected chi connectivity index (χ3v) is 4.57. The van der Waals surface area contributed by atoms with Crippen LogP contribution in [-0.2, 0) is 13.1 Å². The molecule has 3 aromatic carbocycles. The molecule has 0 spiro atoms. The lowest BCUT2D eigenvalue weighted by Gasteiger charge is -2.11. The van der Waals surface area contributed by atoms with Gasteiger partial charge in [-0.05, 0) is 47.5 Å². The van der Waals surface area contributed by atoms with Gasteiger partial charge in [0.25, 0.3) is 0 Å². The molecule has 0 saturated carbocycles. The van der Waals surface area contributed by atoms with E-state index in [1.165, 1.54) is 0 Å². The molecule has 0 aliphatic heterocycles. The molecular weight excluding hydrogens is 521 g/mol. The van der Waals surface area contributed by atoms with Gasteiger partial charge < -0.3 is 30.0 Å². The number of hydrogen-bond acceptors (Lipinski definition) is 5. The van der Waals surface area contributed by atoms with Crippen molar-refractivity contribution in [2.45, 2.75) is 13.1 Å². The zero-order valence-electron chi connectivity index (χ0n) is 18.3. The zero-order chi connectivity index (χ0) is 22.1. The van der Waals surface area contributed by atoms with E-state index in [-0.39, 0.29) is 24.0 Å². The van der Waals surface area contributed by atoms with Gasteiger partial charge in [-0.1, -0.05) is 30.3 Å². The first-order chi connectivity index (χ1) is 15.1. The molecule has 3 rings (SSSR count). The number of para-hydroxylation sites is 2. The van der Waals surface area contributed by atoms with Crippen LogP contribution in [-0.4, -0.2) is 27.3 Å². The standard InChI is InChI=1S/C24H27N3O4.HI/c1-28-20-6-4-5-7-22(20)31-19-11-8-17(9-12-19)15-26-24(25)27-16-18-10-13-21(29-2)23(14-18)30-3;/h4-14H,15-16H2,1-3H3,(H3,25,26,27);1H. The van der Waals surface area contributed by atoms with Crippen molar-refractivity contribution in [2.24, 2.45) is 10.7 Å². The molecule has 0 unspecified atom stereocenters. The Hall–Kier alpha value is -3.14. The van der Waals surface area contributed by atoms with Crippen molar-refractivity contribution in [3.63, 3.8) is 0 Å². The molecule has 0 radical (unpaired) electrons. The van der Waals surface area contributed by atoms with Gasteiger partial charge in [-0.2, -0.15) is 0 Å². The first-order valence-corrected chi connectivity index (χ1v) is 9.77. The van der Waals surface area contributed by atoms with Crippen molar-refractivity contribution in [2.75, 3.05) is 21.3 Å². The van der Waals surface area contributed by atoms with Crippen LogP contribution in [0.15, 0.2) is 71.7 Å². The molecule has 0 heterocycles. The zero-order valence-corrected chi connectivity index (χ0v) is 20.7.